The number of rotatable bonds is 3. The summed E-state index contributed by atoms with van der Waals surface area (Å²) < 4.78 is 5.15. The van der Waals surface area contributed by atoms with Crippen LogP contribution in [0.15, 0.2) is 41.0 Å². The van der Waals surface area contributed by atoms with Crippen LogP contribution in [0.1, 0.15) is 36.7 Å². The molecule has 1 aromatic heterocycles. The van der Waals surface area contributed by atoms with Gasteiger partial charge in [-0.05, 0) is 56.5 Å². The van der Waals surface area contributed by atoms with Crippen molar-refractivity contribution in [3.8, 4) is 0 Å². The predicted molar refractivity (Wildman–Crippen MR) is 88.2 cm³/mol. The molecule has 0 unspecified atom stereocenters. The fourth-order valence-electron chi connectivity index (χ4n) is 2.95. The highest BCUT2D eigenvalue weighted by Gasteiger charge is 2.22. The van der Waals surface area contributed by atoms with Gasteiger partial charge in [-0.1, -0.05) is 0 Å². The molecule has 5 heteroatoms. The number of hydrogen-bond donors (Lipinski definition) is 2. The molecule has 0 saturated carbocycles. The summed E-state index contributed by atoms with van der Waals surface area (Å²) in [4.78, 5) is 14.6. The maximum Gasteiger partial charge on any atom is 0.291 e. The van der Waals surface area contributed by atoms with Crippen molar-refractivity contribution in [1.82, 2.24) is 0 Å². The summed E-state index contributed by atoms with van der Waals surface area (Å²) in [7, 11) is 0. The lowest BCUT2D eigenvalue weighted by atomic mass is 10.0. The van der Waals surface area contributed by atoms with Crippen LogP contribution in [-0.2, 0) is 0 Å². The average molecular weight is 299 g/mol. The zero-order valence-corrected chi connectivity index (χ0v) is 12.7. The van der Waals surface area contributed by atoms with Gasteiger partial charge in [0.05, 0.1) is 17.6 Å². The Hall–Kier alpha value is -2.43. The number of nitrogen functional groups attached to an aromatic ring is 1. The molecule has 3 N–H and O–H groups in total. The Balaban J connectivity index is 1.89. The van der Waals surface area contributed by atoms with Gasteiger partial charge in [-0.2, -0.15) is 0 Å². The molecule has 0 radical (unpaired) electrons. The highest BCUT2D eigenvalue weighted by molar-refractivity contribution is 6.04. The SMILES string of the molecule is C[C@@H]1CCCCN1c1ccc(N)cc1NC(=O)c1ccco1. The van der Waals surface area contributed by atoms with Crippen LogP contribution in [0.3, 0.4) is 0 Å². The third kappa shape index (κ3) is 2.93. The Morgan fingerprint density at radius 2 is 2.23 bits per heavy atom. The van der Waals surface area contributed by atoms with E-state index in [0.717, 1.165) is 24.3 Å². The Morgan fingerprint density at radius 1 is 1.36 bits per heavy atom. The first-order chi connectivity index (χ1) is 10.6. The number of furan rings is 1. The fraction of sp³-hybridized carbons (Fsp3) is 0.353. The van der Waals surface area contributed by atoms with Crippen molar-refractivity contribution >= 4 is 23.0 Å². The summed E-state index contributed by atoms with van der Waals surface area (Å²) in [5.41, 5.74) is 8.27. The highest BCUT2D eigenvalue weighted by atomic mass is 16.3. The second-order valence-electron chi connectivity index (χ2n) is 5.75. The van der Waals surface area contributed by atoms with Crippen molar-refractivity contribution in [2.45, 2.75) is 32.2 Å². The molecule has 1 aliphatic heterocycles. The van der Waals surface area contributed by atoms with E-state index < -0.39 is 0 Å². The van der Waals surface area contributed by atoms with Gasteiger partial charge in [-0.3, -0.25) is 4.79 Å². The molecule has 1 aromatic carbocycles. The van der Waals surface area contributed by atoms with Crippen LogP contribution in [0.4, 0.5) is 17.1 Å². The van der Waals surface area contributed by atoms with Crippen molar-refractivity contribution in [2.24, 2.45) is 0 Å². The van der Waals surface area contributed by atoms with E-state index in [1.54, 1.807) is 18.2 Å². The topological polar surface area (TPSA) is 71.5 Å². The number of nitrogens with zero attached hydrogens (tertiary/aromatic N) is 1. The first-order valence-corrected chi connectivity index (χ1v) is 7.66. The summed E-state index contributed by atoms with van der Waals surface area (Å²) in [6.45, 7) is 3.21. The molecule has 5 nitrogen and oxygen atoms in total. The average Bonchev–Trinajstić information content (AvgIpc) is 3.03. The van der Waals surface area contributed by atoms with E-state index in [1.807, 2.05) is 12.1 Å². The minimum Gasteiger partial charge on any atom is -0.459 e. The predicted octanol–water partition coefficient (Wildman–Crippen LogP) is 3.49. The monoisotopic (exact) mass is 299 g/mol. The maximum atomic E-state index is 12.2. The van der Waals surface area contributed by atoms with Crippen molar-refractivity contribution in [3.05, 3.63) is 42.4 Å². The molecule has 0 bridgehead atoms. The Bertz CT molecular complexity index is 652. The van der Waals surface area contributed by atoms with Gasteiger partial charge in [0.25, 0.3) is 5.91 Å². The summed E-state index contributed by atoms with van der Waals surface area (Å²) >= 11 is 0. The van der Waals surface area contributed by atoms with Crippen LogP contribution in [0.25, 0.3) is 0 Å². The van der Waals surface area contributed by atoms with Crippen LogP contribution < -0.4 is 16.0 Å². The zero-order valence-electron chi connectivity index (χ0n) is 12.7. The van der Waals surface area contributed by atoms with E-state index in [9.17, 15) is 4.79 Å². The van der Waals surface area contributed by atoms with Crippen molar-refractivity contribution in [3.63, 3.8) is 0 Å². The number of carbonyl (C=O) groups excluding carboxylic acids is 1. The molecule has 22 heavy (non-hydrogen) atoms. The Kier molecular flexibility index (Phi) is 4.04. The molecule has 0 spiro atoms. The lowest BCUT2D eigenvalue weighted by Crippen LogP contribution is -2.38. The third-order valence-electron chi connectivity index (χ3n) is 4.13. The van der Waals surface area contributed by atoms with Gasteiger partial charge < -0.3 is 20.4 Å². The molecule has 2 heterocycles. The quantitative estimate of drug-likeness (QED) is 0.851. The minimum absolute atomic E-state index is 0.262. The smallest absolute Gasteiger partial charge is 0.291 e. The Morgan fingerprint density at radius 3 is 2.95 bits per heavy atom. The normalized spacial score (nSPS) is 18.2. The molecule has 2 aromatic rings. The van der Waals surface area contributed by atoms with E-state index >= 15 is 0 Å². The summed E-state index contributed by atoms with van der Waals surface area (Å²) in [6.07, 6.45) is 5.07. The lowest BCUT2D eigenvalue weighted by molar-refractivity contribution is 0.0996. The molecular weight excluding hydrogens is 278 g/mol. The lowest BCUT2D eigenvalue weighted by Gasteiger charge is -2.36. The molecule has 1 fully saturated rings. The fourth-order valence-corrected chi connectivity index (χ4v) is 2.95. The number of amides is 1. The Labute approximate surface area is 130 Å². The van der Waals surface area contributed by atoms with Gasteiger partial charge >= 0.3 is 0 Å². The number of carbonyl (C=O) groups is 1. The van der Waals surface area contributed by atoms with Gasteiger partial charge in [0.2, 0.25) is 0 Å². The molecule has 3 rings (SSSR count). The van der Waals surface area contributed by atoms with Crippen LogP contribution >= 0.6 is 0 Å². The minimum atomic E-state index is -0.262. The highest BCUT2D eigenvalue weighted by Crippen LogP contribution is 2.33. The first-order valence-electron chi connectivity index (χ1n) is 7.66. The number of nitrogens with one attached hydrogen (secondary N) is 1. The van der Waals surface area contributed by atoms with E-state index in [1.165, 1.54) is 19.1 Å². The van der Waals surface area contributed by atoms with Crippen molar-refractivity contribution < 1.29 is 9.21 Å². The van der Waals surface area contributed by atoms with Gasteiger partial charge in [-0.15, -0.1) is 0 Å². The van der Waals surface area contributed by atoms with Crippen molar-refractivity contribution in [1.29, 1.82) is 0 Å². The van der Waals surface area contributed by atoms with Crippen LogP contribution in [-0.4, -0.2) is 18.5 Å². The van der Waals surface area contributed by atoms with E-state index in [4.69, 9.17) is 10.2 Å². The maximum absolute atomic E-state index is 12.2. The van der Waals surface area contributed by atoms with Crippen LogP contribution in [0, 0.1) is 0 Å². The number of nitrogens with two attached hydrogens (primary N) is 1. The zero-order chi connectivity index (χ0) is 15.5. The molecule has 1 atom stereocenters. The van der Waals surface area contributed by atoms with Gasteiger partial charge in [0.1, 0.15) is 0 Å². The second-order valence-corrected chi connectivity index (χ2v) is 5.75. The first kappa shape index (κ1) is 14.5. The van der Waals surface area contributed by atoms with Gasteiger partial charge in [-0.25, -0.2) is 0 Å². The van der Waals surface area contributed by atoms with E-state index in [-0.39, 0.29) is 5.91 Å². The van der Waals surface area contributed by atoms with Crippen LogP contribution in [0.2, 0.25) is 0 Å². The standard InChI is InChI=1S/C17H21N3O2/c1-12-5-2-3-9-20(12)15-8-7-13(18)11-14(15)19-17(21)16-6-4-10-22-16/h4,6-8,10-12H,2-3,5,9,18H2,1H3,(H,19,21)/t12-/m1/s1. The van der Waals surface area contributed by atoms with E-state index in [0.29, 0.717) is 17.5 Å². The number of benzene rings is 1. The van der Waals surface area contributed by atoms with Crippen LogP contribution in [0.5, 0.6) is 0 Å². The number of hydrogen-bond acceptors (Lipinski definition) is 4. The summed E-state index contributed by atoms with van der Waals surface area (Å²) in [5, 5.41) is 2.92. The number of piperidine rings is 1. The largest absolute Gasteiger partial charge is 0.459 e. The molecular formula is C17H21N3O2. The molecule has 116 valence electrons. The third-order valence-corrected chi connectivity index (χ3v) is 4.13. The molecule has 1 amide bonds. The molecule has 1 saturated heterocycles. The summed E-state index contributed by atoms with van der Waals surface area (Å²) in [6, 6.07) is 9.45. The van der Waals surface area contributed by atoms with E-state index in [2.05, 4.69) is 17.1 Å². The van der Waals surface area contributed by atoms with Crippen molar-refractivity contribution in [2.75, 3.05) is 22.5 Å². The molecule has 0 aliphatic carbocycles. The number of anilines is 3. The second kappa shape index (κ2) is 6.13. The summed E-state index contributed by atoms with van der Waals surface area (Å²) in [5.74, 6) is 0.0292. The molecule has 1 aliphatic rings. The van der Waals surface area contributed by atoms with Gasteiger partial charge in [0.15, 0.2) is 5.76 Å². The van der Waals surface area contributed by atoms with Gasteiger partial charge in [0, 0.05) is 18.3 Å².